The number of nitrogens with zero attached hydrogens (tertiary/aromatic N) is 2. The van der Waals surface area contributed by atoms with Crippen molar-refractivity contribution in [3.8, 4) is 11.5 Å². The summed E-state index contributed by atoms with van der Waals surface area (Å²) in [5, 5.41) is 2.97. The molecule has 2 rings (SSSR count). The highest BCUT2D eigenvalue weighted by Crippen LogP contribution is 2.28. The molecule has 0 aromatic heterocycles. The van der Waals surface area contributed by atoms with Crippen LogP contribution in [0.2, 0.25) is 0 Å². The van der Waals surface area contributed by atoms with Crippen LogP contribution in [0.1, 0.15) is 26.3 Å². The first-order valence-electron chi connectivity index (χ1n) is 10.4. The number of rotatable bonds is 10. The number of carbonyl (C=O) groups is 2. The summed E-state index contributed by atoms with van der Waals surface area (Å²) in [5.41, 5.74) is 1.08. The molecule has 1 aliphatic rings. The fourth-order valence-electron chi connectivity index (χ4n) is 3.16. The monoisotopic (exact) mass is 407 g/mol. The molecule has 1 aromatic carbocycles. The summed E-state index contributed by atoms with van der Waals surface area (Å²) in [6, 6.07) is 5.87. The van der Waals surface area contributed by atoms with E-state index in [1.165, 1.54) is 0 Å². The Kier molecular flexibility index (Phi) is 9.56. The van der Waals surface area contributed by atoms with Crippen LogP contribution in [0.3, 0.4) is 0 Å². The molecule has 0 unspecified atom stereocenters. The number of amides is 2. The molecule has 29 heavy (non-hydrogen) atoms. The molecular formula is C21H33N3O5. The maximum Gasteiger partial charge on any atom is 0.409 e. The molecule has 0 aliphatic carbocycles. The van der Waals surface area contributed by atoms with Gasteiger partial charge in [0.25, 0.3) is 0 Å². The van der Waals surface area contributed by atoms with Crippen LogP contribution in [0.5, 0.6) is 11.5 Å². The van der Waals surface area contributed by atoms with E-state index in [1.54, 1.807) is 11.8 Å². The van der Waals surface area contributed by atoms with E-state index in [2.05, 4.69) is 10.2 Å². The molecule has 8 nitrogen and oxygen atoms in total. The third kappa shape index (κ3) is 7.45. The van der Waals surface area contributed by atoms with Crippen molar-refractivity contribution in [2.24, 2.45) is 0 Å². The molecule has 0 bridgehead atoms. The van der Waals surface area contributed by atoms with Gasteiger partial charge in [0, 0.05) is 32.7 Å². The third-order valence-electron chi connectivity index (χ3n) is 4.61. The van der Waals surface area contributed by atoms with Crippen LogP contribution < -0.4 is 14.8 Å². The normalized spacial score (nSPS) is 14.4. The van der Waals surface area contributed by atoms with Crippen LogP contribution >= 0.6 is 0 Å². The zero-order valence-corrected chi connectivity index (χ0v) is 17.7. The van der Waals surface area contributed by atoms with Crippen LogP contribution in [0.4, 0.5) is 4.79 Å². The summed E-state index contributed by atoms with van der Waals surface area (Å²) in [6.07, 6.45) is 0.438. The first kappa shape index (κ1) is 22.8. The molecular weight excluding hydrogens is 374 g/mol. The molecule has 1 saturated heterocycles. The largest absolute Gasteiger partial charge is 0.490 e. The van der Waals surface area contributed by atoms with Crippen molar-refractivity contribution in [2.45, 2.75) is 27.2 Å². The van der Waals surface area contributed by atoms with Crippen LogP contribution in [-0.2, 0) is 16.0 Å². The smallest absolute Gasteiger partial charge is 0.409 e. The van der Waals surface area contributed by atoms with Crippen LogP contribution in [0, 0.1) is 0 Å². The highest BCUT2D eigenvalue weighted by molar-refractivity contribution is 5.78. The number of hydrogen-bond acceptors (Lipinski definition) is 6. The Morgan fingerprint density at radius 3 is 2.31 bits per heavy atom. The van der Waals surface area contributed by atoms with Gasteiger partial charge in [0.2, 0.25) is 5.91 Å². The second kappa shape index (κ2) is 12.2. The summed E-state index contributed by atoms with van der Waals surface area (Å²) in [4.78, 5) is 27.7. The van der Waals surface area contributed by atoms with Crippen molar-refractivity contribution in [2.75, 3.05) is 59.1 Å². The lowest BCUT2D eigenvalue weighted by molar-refractivity contribution is -0.122. The van der Waals surface area contributed by atoms with Crippen LogP contribution in [0.15, 0.2) is 18.2 Å². The lowest BCUT2D eigenvalue weighted by Crippen LogP contribution is -2.51. The number of nitrogens with one attached hydrogen (secondary N) is 1. The molecule has 1 fully saturated rings. The fourth-order valence-corrected chi connectivity index (χ4v) is 3.16. The number of ether oxygens (including phenoxy) is 3. The molecule has 1 aliphatic heterocycles. The Morgan fingerprint density at radius 2 is 1.66 bits per heavy atom. The summed E-state index contributed by atoms with van der Waals surface area (Å²) >= 11 is 0. The second-order valence-corrected chi connectivity index (χ2v) is 6.71. The van der Waals surface area contributed by atoms with Gasteiger partial charge in [-0.2, -0.15) is 0 Å². The Balaban J connectivity index is 1.72. The number of piperazine rings is 1. The summed E-state index contributed by atoms with van der Waals surface area (Å²) in [7, 11) is 0. The van der Waals surface area contributed by atoms with E-state index in [4.69, 9.17) is 14.2 Å². The highest BCUT2D eigenvalue weighted by atomic mass is 16.6. The van der Waals surface area contributed by atoms with Gasteiger partial charge in [-0.15, -0.1) is 0 Å². The second-order valence-electron chi connectivity index (χ2n) is 6.71. The topological polar surface area (TPSA) is 80.3 Å². The quantitative estimate of drug-likeness (QED) is 0.638. The molecule has 0 saturated carbocycles. The van der Waals surface area contributed by atoms with E-state index in [-0.39, 0.29) is 12.0 Å². The molecule has 2 amide bonds. The number of benzene rings is 1. The lowest BCUT2D eigenvalue weighted by Gasteiger charge is -2.33. The van der Waals surface area contributed by atoms with Gasteiger partial charge in [0.15, 0.2) is 11.5 Å². The summed E-state index contributed by atoms with van der Waals surface area (Å²) in [6.45, 7) is 10.6. The van der Waals surface area contributed by atoms with Gasteiger partial charge in [0.05, 0.1) is 26.4 Å². The zero-order chi connectivity index (χ0) is 21.1. The predicted octanol–water partition coefficient (Wildman–Crippen LogP) is 1.92. The standard InChI is InChI=1S/C21H33N3O5/c1-4-27-18-8-7-17(15-19(18)28-5-2)9-10-22-20(25)16-23-11-13-24(14-12-23)21(26)29-6-3/h7-8,15H,4-6,9-14,16H2,1-3H3,(H,22,25). The highest BCUT2D eigenvalue weighted by Gasteiger charge is 2.22. The van der Waals surface area contributed by atoms with Crippen molar-refractivity contribution >= 4 is 12.0 Å². The van der Waals surface area contributed by atoms with Gasteiger partial charge in [0.1, 0.15) is 0 Å². The molecule has 8 heteroatoms. The van der Waals surface area contributed by atoms with Gasteiger partial charge in [-0.3, -0.25) is 9.69 Å². The summed E-state index contributed by atoms with van der Waals surface area (Å²) < 4.78 is 16.2. The van der Waals surface area contributed by atoms with Crippen molar-refractivity contribution in [3.05, 3.63) is 23.8 Å². The van der Waals surface area contributed by atoms with E-state index in [9.17, 15) is 9.59 Å². The zero-order valence-electron chi connectivity index (χ0n) is 17.7. The average molecular weight is 408 g/mol. The Bertz CT molecular complexity index is 660. The Labute approximate surface area is 173 Å². The Hall–Kier alpha value is -2.48. The maximum absolute atomic E-state index is 12.2. The molecule has 0 spiro atoms. The van der Waals surface area contributed by atoms with Crippen LogP contribution in [-0.4, -0.2) is 80.9 Å². The fraction of sp³-hybridized carbons (Fsp3) is 0.619. The minimum Gasteiger partial charge on any atom is -0.490 e. The lowest BCUT2D eigenvalue weighted by atomic mass is 10.1. The molecule has 0 atom stereocenters. The van der Waals surface area contributed by atoms with Gasteiger partial charge < -0.3 is 24.4 Å². The Morgan fingerprint density at radius 1 is 0.966 bits per heavy atom. The summed E-state index contributed by atoms with van der Waals surface area (Å²) in [5.74, 6) is 1.47. The average Bonchev–Trinajstić information content (AvgIpc) is 2.71. The molecule has 162 valence electrons. The van der Waals surface area contributed by atoms with Gasteiger partial charge in [-0.1, -0.05) is 6.07 Å². The van der Waals surface area contributed by atoms with Crippen LogP contribution in [0.25, 0.3) is 0 Å². The predicted molar refractivity (Wildman–Crippen MR) is 111 cm³/mol. The van der Waals surface area contributed by atoms with E-state index >= 15 is 0 Å². The number of hydrogen-bond donors (Lipinski definition) is 1. The molecule has 0 radical (unpaired) electrons. The van der Waals surface area contributed by atoms with Gasteiger partial charge in [-0.25, -0.2) is 4.79 Å². The SMILES string of the molecule is CCOC(=O)N1CCN(CC(=O)NCCc2ccc(OCC)c(OCC)c2)CC1. The molecule has 1 heterocycles. The minimum absolute atomic E-state index is 0.00875. The first-order chi connectivity index (χ1) is 14.1. The van der Waals surface area contributed by atoms with E-state index in [0.29, 0.717) is 59.1 Å². The van der Waals surface area contributed by atoms with Crippen molar-refractivity contribution in [3.63, 3.8) is 0 Å². The van der Waals surface area contributed by atoms with Gasteiger partial charge >= 0.3 is 6.09 Å². The maximum atomic E-state index is 12.2. The van der Waals surface area contributed by atoms with Crippen molar-refractivity contribution in [1.29, 1.82) is 0 Å². The molecule has 1 N–H and O–H groups in total. The van der Waals surface area contributed by atoms with E-state index in [0.717, 1.165) is 23.5 Å². The van der Waals surface area contributed by atoms with Gasteiger partial charge in [-0.05, 0) is 44.9 Å². The van der Waals surface area contributed by atoms with Crippen molar-refractivity contribution < 1.29 is 23.8 Å². The minimum atomic E-state index is -0.279. The van der Waals surface area contributed by atoms with Crippen molar-refractivity contribution in [1.82, 2.24) is 15.1 Å². The number of carbonyl (C=O) groups excluding carboxylic acids is 2. The molecule has 1 aromatic rings. The van der Waals surface area contributed by atoms with E-state index in [1.807, 2.05) is 32.0 Å². The first-order valence-corrected chi connectivity index (χ1v) is 10.4. The third-order valence-corrected chi connectivity index (χ3v) is 4.61. The van der Waals surface area contributed by atoms with E-state index < -0.39 is 0 Å².